The maximum Gasteiger partial charge on any atom is 0.229 e. The minimum atomic E-state index is -0.0122. The third-order valence-corrected chi connectivity index (χ3v) is 5.69. The number of carbonyl (C=O) groups is 2. The number of benzene rings is 1. The van der Waals surface area contributed by atoms with Crippen LogP contribution in [-0.4, -0.2) is 23.3 Å². The predicted molar refractivity (Wildman–Crippen MR) is 109 cm³/mol. The number of carbonyl (C=O) groups excluding carboxylic acids is 2. The zero-order valence-electron chi connectivity index (χ0n) is 16.0. The van der Waals surface area contributed by atoms with Gasteiger partial charge in [0.1, 0.15) is 0 Å². The van der Waals surface area contributed by atoms with Gasteiger partial charge >= 0.3 is 0 Å². The first-order valence-corrected chi connectivity index (χ1v) is 10.4. The number of amides is 2. The van der Waals surface area contributed by atoms with Gasteiger partial charge in [0.25, 0.3) is 0 Å². The van der Waals surface area contributed by atoms with Gasteiger partial charge in [0.2, 0.25) is 11.8 Å². The van der Waals surface area contributed by atoms with Crippen LogP contribution in [0.15, 0.2) is 23.6 Å². The van der Waals surface area contributed by atoms with E-state index in [4.69, 9.17) is 0 Å². The fourth-order valence-corrected chi connectivity index (χ4v) is 4.11. The molecule has 2 heterocycles. The van der Waals surface area contributed by atoms with Gasteiger partial charge in [-0.1, -0.05) is 26.8 Å². The number of aromatic nitrogens is 1. The smallest absolute Gasteiger partial charge is 0.229 e. The van der Waals surface area contributed by atoms with Gasteiger partial charge in [0.05, 0.1) is 5.69 Å². The normalized spacial score (nSPS) is 16.3. The molecule has 0 bridgehead atoms. The minimum Gasteiger partial charge on any atom is -0.312 e. The lowest BCUT2D eigenvalue weighted by molar-refractivity contribution is -0.120. The molecule has 0 radical (unpaired) electrons. The Morgan fingerprint density at radius 1 is 1.30 bits per heavy atom. The lowest BCUT2D eigenvalue weighted by atomic mass is 9.91. The Bertz CT molecular complexity index is 893. The molecule has 0 spiro atoms. The van der Waals surface area contributed by atoms with Crippen LogP contribution >= 0.6 is 11.3 Å². The summed E-state index contributed by atoms with van der Waals surface area (Å²) in [6.45, 7) is 7.01. The van der Waals surface area contributed by atoms with E-state index in [0.717, 1.165) is 42.8 Å². The van der Waals surface area contributed by atoms with Crippen LogP contribution in [0.2, 0.25) is 0 Å². The number of anilines is 2. The van der Waals surface area contributed by atoms with Crippen molar-refractivity contribution < 1.29 is 9.59 Å². The molecule has 4 rings (SSSR count). The van der Waals surface area contributed by atoms with Crippen molar-refractivity contribution in [2.24, 2.45) is 11.3 Å². The van der Waals surface area contributed by atoms with Crippen molar-refractivity contribution in [3.8, 4) is 11.3 Å². The summed E-state index contributed by atoms with van der Waals surface area (Å²) in [5, 5.41) is 5.54. The van der Waals surface area contributed by atoms with Crippen LogP contribution in [0.25, 0.3) is 11.3 Å². The van der Waals surface area contributed by atoms with E-state index in [9.17, 15) is 9.59 Å². The lowest BCUT2D eigenvalue weighted by Gasteiger charge is -2.23. The van der Waals surface area contributed by atoms with Crippen molar-refractivity contribution in [3.05, 3.63) is 29.1 Å². The Hall–Kier alpha value is -2.21. The average molecular weight is 384 g/mol. The first-order valence-electron chi connectivity index (χ1n) is 9.50. The van der Waals surface area contributed by atoms with Crippen LogP contribution < -0.4 is 10.2 Å². The second-order valence-corrected chi connectivity index (χ2v) is 9.54. The summed E-state index contributed by atoms with van der Waals surface area (Å²) in [6, 6.07) is 6.17. The van der Waals surface area contributed by atoms with Crippen molar-refractivity contribution >= 4 is 34.0 Å². The SMILES string of the molecule is CC(C)(C)CC(=O)N1CCc2cc(-c3csc(NC(=O)C4CC4)n3)ccc21. The molecule has 1 fully saturated rings. The van der Waals surface area contributed by atoms with Crippen molar-refractivity contribution in [1.82, 2.24) is 4.98 Å². The summed E-state index contributed by atoms with van der Waals surface area (Å²) < 4.78 is 0. The molecule has 2 amide bonds. The van der Waals surface area contributed by atoms with E-state index in [-0.39, 0.29) is 23.1 Å². The largest absolute Gasteiger partial charge is 0.312 e. The molecule has 1 saturated carbocycles. The van der Waals surface area contributed by atoms with Crippen LogP contribution in [0, 0.1) is 11.3 Å². The molecule has 2 aliphatic rings. The molecule has 0 unspecified atom stereocenters. The average Bonchev–Trinajstić information content (AvgIpc) is 3.20. The third-order valence-electron chi connectivity index (χ3n) is 4.94. The second-order valence-electron chi connectivity index (χ2n) is 8.68. The monoisotopic (exact) mass is 383 g/mol. The van der Waals surface area contributed by atoms with E-state index in [1.165, 1.54) is 16.9 Å². The zero-order valence-corrected chi connectivity index (χ0v) is 16.9. The summed E-state index contributed by atoms with van der Waals surface area (Å²) in [6.07, 6.45) is 3.39. The molecule has 0 saturated heterocycles. The number of nitrogens with one attached hydrogen (secondary N) is 1. The zero-order chi connectivity index (χ0) is 19.2. The van der Waals surface area contributed by atoms with E-state index in [0.29, 0.717) is 11.6 Å². The molecule has 1 aliphatic carbocycles. The highest BCUT2D eigenvalue weighted by Gasteiger charge is 2.30. The summed E-state index contributed by atoms with van der Waals surface area (Å²) in [7, 11) is 0. The van der Waals surface area contributed by atoms with Crippen molar-refractivity contribution in [1.29, 1.82) is 0 Å². The van der Waals surface area contributed by atoms with Gasteiger partial charge in [-0.3, -0.25) is 9.59 Å². The van der Waals surface area contributed by atoms with E-state index in [2.05, 4.69) is 37.1 Å². The molecule has 1 aromatic carbocycles. The predicted octanol–water partition coefficient (Wildman–Crippen LogP) is 4.48. The fraction of sp³-hybridized carbons (Fsp3) is 0.476. The standard InChI is InChI=1S/C21H25N3O2S/c1-21(2,3)11-18(25)24-9-8-15-10-14(6-7-17(15)24)16-12-27-20(22-16)23-19(26)13-4-5-13/h6-7,10,12-13H,4-5,8-9,11H2,1-3H3,(H,22,23,26). The van der Waals surface area contributed by atoms with Crippen LogP contribution in [0.4, 0.5) is 10.8 Å². The van der Waals surface area contributed by atoms with Crippen LogP contribution in [-0.2, 0) is 16.0 Å². The lowest BCUT2D eigenvalue weighted by Crippen LogP contribution is -2.31. The highest BCUT2D eigenvalue weighted by atomic mass is 32.1. The van der Waals surface area contributed by atoms with Crippen molar-refractivity contribution in [2.45, 2.75) is 46.5 Å². The van der Waals surface area contributed by atoms with Gasteiger partial charge in [0.15, 0.2) is 5.13 Å². The quantitative estimate of drug-likeness (QED) is 0.846. The Kier molecular flexibility index (Phi) is 4.54. The van der Waals surface area contributed by atoms with Gasteiger partial charge < -0.3 is 10.2 Å². The van der Waals surface area contributed by atoms with Gasteiger partial charge in [-0.15, -0.1) is 11.3 Å². The second kappa shape index (κ2) is 6.75. The first kappa shape index (κ1) is 18.2. The highest BCUT2D eigenvalue weighted by Crippen LogP contribution is 2.35. The number of rotatable bonds is 4. The Morgan fingerprint density at radius 2 is 2.07 bits per heavy atom. The van der Waals surface area contributed by atoms with Crippen molar-refractivity contribution in [3.63, 3.8) is 0 Å². The van der Waals surface area contributed by atoms with Crippen molar-refractivity contribution in [2.75, 3.05) is 16.8 Å². The Morgan fingerprint density at radius 3 is 2.78 bits per heavy atom. The molecule has 1 aromatic heterocycles. The number of fused-ring (bicyclic) bond motifs is 1. The molecular formula is C21H25N3O2S. The fourth-order valence-electron chi connectivity index (χ4n) is 3.39. The van der Waals surface area contributed by atoms with Crippen LogP contribution in [0.1, 0.15) is 45.6 Å². The molecule has 6 heteroatoms. The molecule has 1 N–H and O–H groups in total. The molecule has 2 aromatic rings. The summed E-state index contributed by atoms with van der Waals surface area (Å²) >= 11 is 1.46. The topological polar surface area (TPSA) is 62.3 Å². The van der Waals surface area contributed by atoms with Gasteiger partial charge in [-0.25, -0.2) is 4.98 Å². The molecule has 0 atom stereocenters. The minimum absolute atomic E-state index is 0.0122. The summed E-state index contributed by atoms with van der Waals surface area (Å²) in [4.78, 5) is 31.0. The van der Waals surface area contributed by atoms with E-state index in [1.54, 1.807) is 0 Å². The van der Waals surface area contributed by atoms with Crippen LogP contribution in [0.5, 0.6) is 0 Å². The molecule has 142 valence electrons. The maximum absolute atomic E-state index is 12.6. The first-order chi connectivity index (χ1) is 12.8. The number of hydrogen-bond donors (Lipinski definition) is 1. The number of nitrogens with zero attached hydrogens (tertiary/aromatic N) is 2. The van der Waals surface area contributed by atoms with Crippen LogP contribution in [0.3, 0.4) is 0 Å². The Labute approximate surface area is 163 Å². The summed E-state index contributed by atoms with van der Waals surface area (Å²) in [5.41, 5.74) is 4.09. The highest BCUT2D eigenvalue weighted by molar-refractivity contribution is 7.14. The van der Waals surface area contributed by atoms with E-state index >= 15 is 0 Å². The van der Waals surface area contributed by atoms with E-state index in [1.807, 2.05) is 22.4 Å². The number of thiazole rings is 1. The number of hydrogen-bond acceptors (Lipinski definition) is 4. The molecule has 5 nitrogen and oxygen atoms in total. The van der Waals surface area contributed by atoms with Gasteiger partial charge in [0, 0.05) is 35.5 Å². The summed E-state index contributed by atoms with van der Waals surface area (Å²) in [5.74, 6) is 0.444. The molecule has 27 heavy (non-hydrogen) atoms. The molecular weight excluding hydrogens is 358 g/mol. The van der Waals surface area contributed by atoms with Gasteiger partial charge in [-0.05, 0) is 42.4 Å². The van der Waals surface area contributed by atoms with Gasteiger partial charge in [-0.2, -0.15) is 0 Å². The Balaban J connectivity index is 1.50. The third kappa shape index (κ3) is 4.05. The van der Waals surface area contributed by atoms with E-state index < -0.39 is 0 Å². The maximum atomic E-state index is 12.6. The molecule has 1 aliphatic heterocycles.